The predicted molar refractivity (Wildman–Crippen MR) is 60.9 cm³/mol. The van der Waals surface area contributed by atoms with Crippen molar-refractivity contribution < 1.29 is 0 Å². The molecule has 0 unspecified atom stereocenters. The van der Waals surface area contributed by atoms with Gasteiger partial charge < -0.3 is 11.1 Å². The SMILES string of the molecule is NC1=C[C@@H](CSc2ccccc2)CN1. The molecule has 2 rings (SSSR count). The topological polar surface area (TPSA) is 38.0 Å². The minimum Gasteiger partial charge on any atom is -0.386 e. The summed E-state index contributed by atoms with van der Waals surface area (Å²) >= 11 is 1.88. The predicted octanol–water partition coefficient (Wildman–Crippen LogP) is 1.80. The molecule has 3 N–H and O–H groups in total. The molecule has 0 amide bonds. The van der Waals surface area contributed by atoms with E-state index in [1.807, 2.05) is 17.8 Å². The monoisotopic (exact) mass is 206 g/mol. The lowest BCUT2D eigenvalue weighted by atomic mass is 10.2. The first-order valence-electron chi connectivity index (χ1n) is 4.73. The van der Waals surface area contributed by atoms with Crippen LogP contribution >= 0.6 is 11.8 Å². The summed E-state index contributed by atoms with van der Waals surface area (Å²) in [6, 6.07) is 10.5. The molecular formula is C11H14N2S. The van der Waals surface area contributed by atoms with Gasteiger partial charge in [-0.2, -0.15) is 0 Å². The maximum Gasteiger partial charge on any atom is 0.0922 e. The summed E-state index contributed by atoms with van der Waals surface area (Å²) in [6.07, 6.45) is 2.11. The minimum absolute atomic E-state index is 0.570. The zero-order valence-corrected chi connectivity index (χ0v) is 8.76. The molecule has 0 aromatic heterocycles. The van der Waals surface area contributed by atoms with Crippen LogP contribution < -0.4 is 11.1 Å². The van der Waals surface area contributed by atoms with Crippen molar-refractivity contribution in [3.63, 3.8) is 0 Å². The van der Waals surface area contributed by atoms with Gasteiger partial charge in [-0.15, -0.1) is 11.8 Å². The van der Waals surface area contributed by atoms with Gasteiger partial charge in [0.15, 0.2) is 0 Å². The van der Waals surface area contributed by atoms with Gasteiger partial charge in [0.05, 0.1) is 5.82 Å². The molecule has 1 atom stereocenters. The van der Waals surface area contributed by atoms with Crippen molar-refractivity contribution in [1.82, 2.24) is 5.32 Å². The summed E-state index contributed by atoms with van der Waals surface area (Å²) in [5, 5.41) is 3.13. The third kappa shape index (κ3) is 2.45. The Hall–Kier alpha value is -1.09. The van der Waals surface area contributed by atoms with Gasteiger partial charge in [-0.3, -0.25) is 0 Å². The third-order valence-electron chi connectivity index (χ3n) is 2.19. The van der Waals surface area contributed by atoms with E-state index in [0.29, 0.717) is 5.92 Å². The van der Waals surface area contributed by atoms with E-state index >= 15 is 0 Å². The molecule has 0 spiro atoms. The van der Waals surface area contributed by atoms with Crippen molar-refractivity contribution in [3.8, 4) is 0 Å². The molecule has 3 heteroatoms. The van der Waals surface area contributed by atoms with Crippen LogP contribution in [0.4, 0.5) is 0 Å². The van der Waals surface area contributed by atoms with Crippen molar-refractivity contribution >= 4 is 11.8 Å². The van der Waals surface area contributed by atoms with E-state index < -0.39 is 0 Å². The molecule has 1 heterocycles. The van der Waals surface area contributed by atoms with E-state index in [9.17, 15) is 0 Å². The fourth-order valence-corrected chi connectivity index (χ4v) is 2.42. The van der Waals surface area contributed by atoms with Gasteiger partial charge in [-0.25, -0.2) is 0 Å². The maximum atomic E-state index is 5.63. The Morgan fingerprint density at radius 2 is 2.14 bits per heavy atom. The molecule has 0 saturated carbocycles. The van der Waals surface area contributed by atoms with Gasteiger partial charge in [0, 0.05) is 23.1 Å². The molecule has 0 aliphatic carbocycles. The van der Waals surface area contributed by atoms with Crippen LogP contribution in [0.5, 0.6) is 0 Å². The van der Waals surface area contributed by atoms with Crippen molar-refractivity contribution in [2.45, 2.75) is 4.90 Å². The van der Waals surface area contributed by atoms with Crippen LogP contribution in [0.3, 0.4) is 0 Å². The lowest BCUT2D eigenvalue weighted by Gasteiger charge is -2.05. The molecule has 2 nitrogen and oxygen atoms in total. The Labute approximate surface area is 88.6 Å². The Kier molecular flexibility index (Phi) is 2.99. The Balaban J connectivity index is 1.84. The van der Waals surface area contributed by atoms with Crippen molar-refractivity contribution in [2.24, 2.45) is 11.7 Å². The molecule has 14 heavy (non-hydrogen) atoms. The van der Waals surface area contributed by atoms with E-state index in [1.165, 1.54) is 4.90 Å². The fourth-order valence-electron chi connectivity index (χ4n) is 1.45. The highest BCUT2D eigenvalue weighted by Gasteiger charge is 2.12. The number of rotatable bonds is 3. The number of hydrogen-bond donors (Lipinski definition) is 2. The number of thioether (sulfide) groups is 1. The van der Waals surface area contributed by atoms with Crippen molar-refractivity contribution in [3.05, 3.63) is 42.2 Å². The second kappa shape index (κ2) is 4.42. The van der Waals surface area contributed by atoms with Crippen LogP contribution in [0.1, 0.15) is 0 Å². The van der Waals surface area contributed by atoms with Crippen molar-refractivity contribution in [1.29, 1.82) is 0 Å². The fraction of sp³-hybridized carbons (Fsp3) is 0.273. The summed E-state index contributed by atoms with van der Waals surface area (Å²) in [5.74, 6) is 2.49. The molecule has 1 aromatic carbocycles. The van der Waals surface area contributed by atoms with E-state index in [4.69, 9.17) is 5.73 Å². The number of nitrogens with two attached hydrogens (primary N) is 1. The lowest BCUT2D eigenvalue weighted by Crippen LogP contribution is -2.17. The molecule has 1 aliphatic heterocycles. The average molecular weight is 206 g/mol. The van der Waals surface area contributed by atoms with Gasteiger partial charge in [0.1, 0.15) is 0 Å². The molecule has 0 bridgehead atoms. The van der Waals surface area contributed by atoms with Gasteiger partial charge in [0.2, 0.25) is 0 Å². The highest BCUT2D eigenvalue weighted by Crippen LogP contribution is 2.22. The largest absolute Gasteiger partial charge is 0.386 e. The second-order valence-corrected chi connectivity index (χ2v) is 4.48. The Morgan fingerprint density at radius 1 is 1.36 bits per heavy atom. The molecular weight excluding hydrogens is 192 g/mol. The first-order valence-corrected chi connectivity index (χ1v) is 5.72. The Bertz CT molecular complexity index is 321. The van der Waals surface area contributed by atoms with Gasteiger partial charge >= 0.3 is 0 Å². The molecule has 1 aromatic rings. The summed E-state index contributed by atoms with van der Waals surface area (Å²) in [4.78, 5) is 1.33. The summed E-state index contributed by atoms with van der Waals surface area (Å²) in [5.41, 5.74) is 5.63. The van der Waals surface area contributed by atoms with Crippen LogP contribution in [-0.4, -0.2) is 12.3 Å². The first kappa shape index (κ1) is 9.46. The summed E-state index contributed by atoms with van der Waals surface area (Å²) in [7, 11) is 0. The quantitative estimate of drug-likeness (QED) is 0.741. The maximum absolute atomic E-state index is 5.63. The number of nitrogens with one attached hydrogen (secondary N) is 1. The van der Waals surface area contributed by atoms with E-state index in [0.717, 1.165) is 18.1 Å². The Morgan fingerprint density at radius 3 is 2.79 bits per heavy atom. The molecule has 1 aliphatic rings. The van der Waals surface area contributed by atoms with Crippen LogP contribution in [0.25, 0.3) is 0 Å². The molecule has 0 radical (unpaired) electrons. The second-order valence-electron chi connectivity index (χ2n) is 3.39. The normalized spacial score (nSPS) is 20.3. The van der Waals surface area contributed by atoms with Crippen LogP contribution in [0.15, 0.2) is 47.1 Å². The zero-order chi connectivity index (χ0) is 9.80. The van der Waals surface area contributed by atoms with Crippen LogP contribution in [0, 0.1) is 5.92 Å². The number of hydrogen-bond acceptors (Lipinski definition) is 3. The lowest BCUT2D eigenvalue weighted by molar-refractivity contribution is 0.722. The van der Waals surface area contributed by atoms with Crippen LogP contribution in [-0.2, 0) is 0 Å². The standard InChI is InChI=1S/C11H14N2S/c12-11-6-9(7-13-11)8-14-10-4-2-1-3-5-10/h1-6,9,13H,7-8,12H2/t9-/m1/s1. The molecule has 0 fully saturated rings. The van der Waals surface area contributed by atoms with Gasteiger partial charge in [0.25, 0.3) is 0 Å². The highest BCUT2D eigenvalue weighted by molar-refractivity contribution is 7.99. The summed E-state index contributed by atoms with van der Waals surface area (Å²) < 4.78 is 0. The number of benzene rings is 1. The third-order valence-corrected chi connectivity index (χ3v) is 3.39. The average Bonchev–Trinajstić information content (AvgIpc) is 2.63. The molecule has 74 valence electrons. The zero-order valence-electron chi connectivity index (χ0n) is 7.94. The van der Waals surface area contributed by atoms with Gasteiger partial charge in [-0.1, -0.05) is 18.2 Å². The smallest absolute Gasteiger partial charge is 0.0922 e. The minimum atomic E-state index is 0.570. The first-order chi connectivity index (χ1) is 6.84. The molecule has 0 saturated heterocycles. The van der Waals surface area contributed by atoms with Crippen LogP contribution in [0.2, 0.25) is 0 Å². The van der Waals surface area contributed by atoms with E-state index in [1.54, 1.807) is 0 Å². The summed E-state index contributed by atoms with van der Waals surface area (Å²) in [6.45, 7) is 0.978. The van der Waals surface area contributed by atoms with E-state index in [2.05, 4.69) is 35.7 Å². The highest BCUT2D eigenvalue weighted by atomic mass is 32.2. The van der Waals surface area contributed by atoms with Gasteiger partial charge in [-0.05, 0) is 18.2 Å². The van der Waals surface area contributed by atoms with E-state index in [-0.39, 0.29) is 0 Å². The van der Waals surface area contributed by atoms with Crippen molar-refractivity contribution in [2.75, 3.05) is 12.3 Å².